The molecule has 0 aliphatic rings. The van der Waals surface area contributed by atoms with Gasteiger partial charge in [-0.15, -0.1) is 0 Å². The fourth-order valence-corrected chi connectivity index (χ4v) is 1.14. The lowest BCUT2D eigenvalue weighted by molar-refractivity contribution is -0.140. The predicted molar refractivity (Wildman–Crippen MR) is 49.8 cm³/mol. The highest BCUT2D eigenvalue weighted by atomic mass is 35.5. The zero-order valence-corrected chi connectivity index (χ0v) is 8.23. The fourth-order valence-electron chi connectivity index (χ4n) is 0.923. The molecular formula is C8H8ClF3N2O. The molecular weight excluding hydrogens is 233 g/mol. The minimum atomic E-state index is -4.58. The molecule has 0 aliphatic heterocycles. The van der Waals surface area contributed by atoms with E-state index < -0.39 is 16.9 Å². The van der Waals surface area contributed by atoms with Crippen LogP contribution in [0.5, 0.6) is 0 Å². The third-order valence-corrected chi connectivity index (χ3v) is 1.84. The normalized spacial score (nSPS) is 11.5. The Morgan fingerprint density at radius 3 is 2.60 bits per heavy atom. The van der Waals surface area contributed by atoms with E-state index in [-0.39, 0.29) is 19.0 Å². The van der Waals surface area contributed by atoms with Crippen molar-refractivity contribution in [2.75, 3.05) is 18.5 Å². The maximum atomic E-state index is 12.3. The van der Waals surface area contributed by atoms with Crippen LogP contribution in [-0.4, -0.2) is 23.2 Å². The minimum Gasteiger partial charge on any atom is -0.395 e. The van der Waals surface area contributed by atoms with Gasteiger partial charge in [0.15, 0.2) is 5.69 Å². The lowest BCUT2D eigenvalue weighted by Gasteiger charge is -2.10. The number of rotatable bonds is 3. The van der Waals surface area contributed by atoms with Crippen molar-refractivity contribution in [1.29, 1.82) is 0 Å². The van der Waals surface area contributed by atoms with Crippen LogP contribution in [0.1, 0.15) is 5.69 Å². The second-order valence-electron chi connectivity index (χ2n) is 2.68. The lowest BCUT2D eigenvalue weighted by atomic mass is 10.3. The van der Waals surface area contributed by atoms with Gasteiger partial charge < -0.3 is 10.4 Å². The summed E-state index contributed by atoms with van der Waals surface area (Å²) < 4.78 is 37.0. The average Bonchev–Trinajstić information content (AvgIpc) is 2.15. The molecule has 3 nitrogen and oxygen atoms in total. The number of alkyl halides is 3. The molecule has 1 rings (SSSR count). The van der Waals surface area contributed by atoms with Crippen LogP contribution in [0.3, 0.4) is 0 Å². The SMILES string of the molecule is OCCNc1ccc(Cl)c(C(F)(F)F)n1. The van der Waals surface area contributed by atoms with E-state index in [1.54, 1.807) is 0 Å². The number of nitrogens with one attached hydrogen (secondary N) is 1. The van der Waals surface area contributed by atoms with E-state index in [0.29, 0.717) is 0 Å². The van der Waals surface area contributed by atoms with Gasteiger partial charge in [0.1, 0.15) is 5.82 Å². The van der Waals surface area contributed by atoms with Crippen LogP contribution in [0.25, 0.3) is 0 Å². The van der Waals surface area contributed by atoms with Gasteiger partial charge in [0.2, 0.25) is 0 Å². The lowest BCUT2D eigenvalue weighted by Crippen LogP contribution is -2.12. The van der Waals surface area contributed by atoms with Gasteiger partial charge in [0.25, 0.3) is 0 Å². The molecule has 84 valence electrons. The van der Waals surface area contributed by atoms with Gasteiger partial charge in [-0.25, -0.2) is 4.98 Å². The van der Waals surface area contributed by atoms with Gasteiger partial charge in [0, 0.05) is 6.54 Å². The Kier molecular flexibility index (Phi) is 3.76. The Morgan fingerprint density at radius 1 is 1.40 bits per heavy atom. The summed E-state index contributed by atoms with van der Waals surface area (Å²) in [6.45, 7) is -0.0579. The molecule has 0 bridgehead atoms. The Balaban J connectivity index is 2.95. The number of nitrogens with zero attached hydrogens (tertiary/aromatic N) is 1. The number of aromatic nitrogens is 1. The van der Waals surface area contributed by atoms with Crippen LogP contribution in [0.2, 0.25) is 5.02 Å². The van der Waals surface area contributed by atoms with Gasteiger partial charge in [-0.1, -0.05) is 11.6 Å². The number of hydrogen-bond acceptors (Lipinski definition) is 3. The van der Waals surface area contributed by atoms with Crippen molar-refractivity contribution in [3.05, 3.63) is 22.8 Å². The summed E-state index contributed by atoms with van der Waals surface area (Å²) in [5, 5.41) is 10.5. The van der Waals surface area contributed by atoms with Crippen molar-refractivity contribution in [1.82, 2.24) is 4.98 Å². The molecule has 1 aromatic heterocycles. The number of aliphatic hydroxyl groups excluding tert-OH is 1. The van der Waals surface area contributed by atoms with E-state index in [1.165, 1.54) is 6.07 Å². The summed E-state index contributed by atoms with van der Waals surface area (Å²) in [5.41, 5.74) is -1.13. The smallest absolute Gasteiger partial charge is 0.395 e. The van der Waals surface area contributed by atoms with Crippen LogP contribution in [0.4, 0.5) is 19.0 Å². The molecule has 0 aliphatic carbocycles. The molecule has 2 N–H and O–H groups in total. The quantitative estimate of drug-likeness (QED) is 0.851. The van der Waals surface area contributed by atoms with Crippen LogP contribution in [0, 0.1) is 0 Å². The second-order valence-corrected chi connectivity index (χ2v) is 3.08. The van der Waals surface area contributed by atoms with Crippen LogP contribution < -0.4 is 5.32 Å². The summed E-state index contributed by atoms with van der Waals surface area (Å²) in [4.78, 5) is 3.30. The maximum Gasteiger partial charge on any atom is 0.434 e. The third-order valence-electron chi connectivity index (χ3n) is 1.53. The van der Waals surface area contributed by atoms with Crippen molar-refractivity contribution in [3.8, 4) is 0 Å². The van der Waals surface area contributed by atoms with Gasteiger partial charge in [-0.3, -0.25) is 0 Å². The van der Waals surface area contributed by atoms with E-state index in [9.17, 15) is 13.2 Å². The number of halogens is 4. The van der Waals surface area contributed by atoms with Crippen molar-refractivity contribution < 1.29 is 18.3 Å². The molecule has 0 spiro atoms. The molecule has 0 radical (unpaired) electrons. The van der Waals surface area contributed by atoms with E-state index in [0.717, 1.165) is 6.07 Å². The molecule has 0 saturated carbocycles. The average molecular weight is 241 g/mol. The molecule has 15 heavy (non-hydrogen) atoms. The Hall–Kier alpha value is -1.01. The molecule has 0 aromatic carbocycles. The number of pyridine rings is 1. The second kappa shape index (κ2) is 4.67. The van der Waals surface area contributed by atoms with Crippen LogP contribution in [-0.2, 0) is 6.18 Å². The zero-order valence-electron chi connectivity index (χ0n) is 7.48. The monoisotopic (exact) mass is 240 g/mol. The van der Waals surface area contributed by atoms with Crippen molar-refractivity contribution >= 4 is 17.4 Å². The van der Waals surface area contributed by atoms with Crippen LogP contribution in [0.15, 0.2) is 12.1 Å². The summed E-state index contributed by atoms with van der Waals surface area (Å²) >= 11 is 5.36. The third kappa shape index (κ3) is 3.24. The predicted octanol–water partition coefficient (Wildman–Crippen LogP) is 2.16. The van der Waals surface area contributed by atoms with Crippen molar-refractivity contribution in [2.45, 2.75) is 6.18 Å². The molecule has 0 fully saturated rings. The molecule has 1 heterocycles. The molecule has 7 heteroatoms. The van der Waals surface area contributed by atoms with Crippen molar-refractivity contribution in [3.63, 3.8) is 0 Å². The Morgan fingerprint density at radius 2 is 2.07 bits per heavy atom. The Labute approximate surface area is 88.9 Å². The van der Waals surface area contributed by atoms with E-state index in [1.807, 2.05) is 0 Å². The first-order valence-corrected chi connectivity index (χ1v) is 4.41. The molecule has 0 atom stereocenters. The standard InChI is InChI=1S/C8H8ClF3N2O/c9-5-1-2-6(13-3-4-15)14-7(5)8(10,11)12/h1-2,15H,3-4H2,(H,13,14). The zero-order chi connectivity index (χ0) is 11.5. The van der Waals surface area contributed by atoms with E-state index >= 15 is 0 Å². The molecule has 0 unspecified atom stereocenters. The summed E-state index contributed by atoms with van der Waals surface area (Å²) in [6.07, 6.45) is -4.58. The van der Waals surface area contributed by atoms with Gasteiger partial charge in [0.05, 0.1) is 11.6 Å². The highest BCUT2D eigenvalue weighted by Gasteiger charge is 2.35. The van der Waals surface area contributed by atoms with E-state index in [4.69, 9.17) is 16.7 Å². The summed E-state index contributed by atoms with van der Waals surface area (Å²) in [7, 11) is 0. The highest BCUT2D eigenvalue weighted by Crippen LogP contribution is 2.33. The highest BCUT2D eigenvalue weighted by molar-refractivity contribution is 6.31. The maximum absolute atomic E-state index is 12.3. The largest absolute Gasteiger partial charge is 0.434 e. The van der Waals surface area contributed by atoms with E-state index in [2.05, 4.69) is 10.3 Å². The summed E-state index contributed by atoms with van der Waals surface area (Å²) in [5.74, 6) is 0.0285. The molecule has 0 amide bonds. The first-order chi connectivity index (χ1) is 6.95. The number of aliphatic hydroxyl groups is 1. The molecule has 0 saturated heterocycles. The topological polar surface area (TPSA) is 45.1 Å². The Bertz CT molecular complexity index is 343. The van der Waals surface area contributed by atoms with Crippen LogP contribution >= 0.6 is 11.6 Å². The first-order valence-electron chi connectivity index (χ1n) is 4.03. The fraction of sp³-hybridized carbons (Fsp3) is 0.375. The number of anilines is 1. The summed E-state index contributed by atoms with van der Waals surface area (Å²) in [6, 6.07) is 2.42. The number of hydrogen-bond donors (Lipinski definition) is 2. The minimum absolute atomic E-state index is 0.0285. The van der Waals surface area contributed by atoms with Crippen molar-refractivity contribution in [2.24, 2.45) is 0 Å². The first kappa shape index (κ1) is 12.1. The van der Waals surface area contributed by atoms with Gasteiger partial charge in [-0.05, 0) is 12.1 Å². The molecule has 1 aromatic rings. The van der Waals surface area contributed by atoms with Gasteiger partial charge in [-0.2, -0.15) is 13.2 Å². The van der Waals surface area contributed by atoms with Gasteiger partial charge >= 0.3 is 6.18 Å².